The second-order valence-electron chi connectivity index (χ2n) is 10.1. The predicted octanol–water partition coefficient (Wildman–Crippen LogP) is 5.22. The van der Waals surface area contributed by atoms with Gasteiger partial charge in [0, 0.05) is 53.4 Å². The quantitative estimate of drug-likeness (QED) is 0.433. The van der Waals surface area contributed by atoms with E-state index in [4.69, 9.17) is 32.9 Å². The highest BCUT2D eigenvalue weighted by atomic mass is 35.5. The number of fused-ring (bicyclic) bond motifs is 1. The lowest BCUT2D eigenvalue weighted by molar-refractivity contribution is 0.130. The summed E-state index contributed by atoms with van der Waals surface area (Å²) in [4.78, 5) is 13.5. The molecule has 2 aliphatic heterocycles. The Hall–Kier alpha value is -1.20. The van der Waals surface area contributed by atoms with E-state index in [0.29, 0.717) is 23.3 Å². The van der Waals surface area contributed by atoms with Crippen LogP contribution < -0.4 is 9.62 Å². The number of piperidine rings is 1. The topological polar surface area (TPSA) is 77.8 Å². The Kier molecular flexibility index (Phi) is 7.22. The largest absolute Gasteiger partial charge is 0.598 e. The van der Waals surface area contributed by atoms with E-state index in [2.05, 4.69) is 14.6 Å². The van der Waals surface area contributed by atoms with Gasteiger partial charge in [0.25, 0.3) is 0 Å². The molecule has 0 bridgehead atoms. The highest BCUT2D eigenvalue weighted by Gasteiger charge is 2.49. The lowest BCUT2D eigenvalue weighted by atomic mass is 9.75. The number of hydrogen-bond donors (Lipinski definition) is 1. The third-order valence-corrected chi connectivity index (χ3v) is 10.4. The van der Waals surface area contributed by atoms with Gasteiger partial charge in [0.15, 0.2) is 5.65 Å². The summed E-state index contributed by atoms with van der Waals surface area (Å²) in [5, 5.41) is 1.06. The van der Waals surface area contributed by atoms with E-state index < -0.39 is 11.4 Å². The molecule has 11 heteroatoms. The number of ether oxygens (including phenoxy) is 1. The first-order valence-electron chi connectivity index (χ1n) is 11.6. The fourth-order valence-corrected chi connectivity index (χ4v) is 6.97. The van der Waals surface area contributed by atoms with Crippen molar-refractivity contribution in [2.45, 2.75) is 54.2 Å². The minimum Gasteiger partial charge on any atom is -0.598 e. The second-order valence-corrected chi connectivity index (χ2v) is 14.0. The maximum Gasteiger partial charge on any atom is 0.211 e. The third-order valence-electron chi connectivity index (χ3n) is 6.77. The summed E-state index contributed by atoms with van der Waals surface area (Å²) in [7, 11) is 0. The Morgan fingerprint density at radius 3 is 2.71 bits per heavy atom. The average Bonchev–Trinajstić information content (AvgIpc) is 3.45. The SMILES string of the molecule is CC(C)(C)[S@@+]([O-])NC1COCC12CCN(c1ncc(Sc3cccc(Cl)c3Cl)c3nccn13)CC2. The zero-order valence-corrected chi connectivity index (χ0v) is 23.1. The summed E-state index contributed by atoms with van der Waals surface area (Å²) in [5.74, 6) is 0.871. The zero-order valence-electron chi connectivity index (χ0n) is 20.0. The van der Waals surface area contributed by atoms with E-state index >= 15 is 0 Å². The molecule has 1 unspecified atom stereocenters. The maximum atomic E-state index is 12.7. The number of imidazole rings is 1. The van der Waals surface area contributed by atoms with E-state index in [1.807, 2.05) is 49.7 Å². The third kappa shape index (κ3) is 5.01. The molecule has 1 N–H and O–H groups in total. The molecule has 2 saturated heterocycles. The van der Waals surface area contributed by atoms with Gasteiger partial charge in [-0.15, -0.1) is 4.72 Å². The average molecular weight is 555 g/mol. The zero-order chi connectivity index (χ0) is 24.8. The maximum absolute atomic E-state index is 12.7. The van der Waals surface area contributed by atoms with Crippen LogP contribution in [-0.4, -0.2) is 56.0 Å². The lowest BCUT2D eigenvalue weighted by Crippen LogP contribution is -2.55. The Morgan fingerprint density at radius 2 is 1.97 bits per heavy atom. The summed E-state index contributed by atoms with van der Waals surface area (Å²) in [6.45, 7) is 8.96. The minimum absolute atomic E-state index is 0.00934. The van der Waals surface area contributed by atoms with Crippen molar-refractivity contribution < 1.29 is 9.29 Å². The Balaban J connectivity index is 1.33. The van der Waals surface area contributed by atoms with Gasteiger partial charge in [-0.05, 0) is 45.7 Å². The van der Waals surface area contributed by atoms with Gasteiger partial charge >= 0.3 is 0 Å². The molecule has 2 aliphatic rings. The van der Waals surface area contributed by atoms with Gasteiger partial charge in [-0.25, -0.2) is 9.97 Å². The van der Waals surface area contributed by atoms with Crippen molar-refractivity contribution in [1.29, 1.82) is 0 Å². The number of hydrogen-bond acceptors (Lipinski definition) is 7. The molecule has 0 aliphatic carbocycles. The van der Waals surface area contributed by atoms with Crippen molar-refractivity contribution in [2.24, 2.45) is 5.41 Å². The van der Waals surface area contributed by atoms with Crippen molar-refractivity contribution in [3.05, 3.63) is 46.8 Å². The molecule has 4 heterocycles. The Morgan fingerprint density at radius 1 is 1.20 bits per heavy atom. The fraction of sp³-hybridized carbons (Fsp3) is 0.500. The summed E-state index contributed by atoms with van der Waals surface area (Å²) in [6, 6.07) is 5.69. The van der Waals surface area contributed by atoms with Gasteiger partial charge in [0.2, 0.25) is 5.95 Å². The predicted molar refractivity (Wildman–Crippen MR) is 143 cm³/mol. The molecule has 35 heavy (non-hydrogen) atoms. The molecule has 1 aromatic carbocycles. The first-order valence-corrected chi connectivity index (χ1v) is 14.3. The molecule has 2 aromatic heterocycles. The molecule has 188 valence electrons. The van der Waals surface area contributed by atoms with Crippen LogP contribution >= 0.6 is 35.0 Å². The number of aromatic nitrogens is 3. The monoisotopic (exact) mass is 553 g/mol. The smallest absolute Gasteiger partial charge is 0.211 e. The molecule has 0 amide bonds. The number of halogens is 2. The highest BCUT2D eigenvalue weighted by molar-refractivity contribution is 7.99. The van der Waals surface area contributed by atoms with Crippen molar-refractivity contribution in [2.75, 3.05) is 31.2 Å². The minimum atomic E-state index is -1.12. The molecule has 3 aromatic rings. The molecule has 7 nitrogen and oxygen atoms in total. The second kappa shape index (κ2) is 9.93. The van der Waals surface area contributed by atoms with E-state index in [9.17, 15) is 4.55 Å². The number of rotatable bonds is 5. The van der Waals surface area contributed by atoms with Crippen molar-refractivity contribution >= 4 is 57.9 Å². The van der Waals surface area contributed by atoms with Crippen LogP contribution in [0.25, 0.3) is 5.65 Å². The summed E-state index contributed by atoms with van der Waals surface area (Å²) < 4.78 is 23.7. The van der Waals surface area contributed by atoms with Crippen molar-refractivity contribution in [1.82, 2.24) is 19.1 Å². The van der Waals surface area contributed by atoms with Crippen LogP contribution in [0.15, 0.2) is 46.6 Å². The van der Waals surface area contributed by atoms with E-state index in [-0.39, 0.29) is 16.2 Å². The Bertz CT molecular complexity index is 1210. The molecular formula is C24H29Cl2N5O2S2. The van der Waals surface area contributed by atoms with Gasteiger partial charge in [-0.1, -0.05) is 41.0 Å². The van der Waals surface area contributed by atoms with Crippen LogP contribution in [-0.2, 0) is 16.1 Å². The fourth-order valence-electron chi connectivity index (χ4n) is 4.64. The highest BCUT2D eigenvalue weighted by Crippen LogP contribution is 2.42. The van der Waals surface area contributed by atoms with E-state index in [1.165, 1.54) is 11.8 Å². The first kappa shape index (κ1) is 25.4. The normalized spacial score (nSPS) is 21.2. The van der Waals surface area contributed by atoms with Crippen molar-refractivity contribution in [3.63, 3.8) is 0 Å². The van der Waals surface area contributed by atoms with Gasteiger partial charge in [-0.2, -0.15) is 0 Å². The molecule has 0 saturated carbocycles. The number of anilines is 1. The number of benzene rings is 1. The van der Waals surface area contributed by atoms with Crippen LogP contribution in [0.1, 0.15) is 33.6 Å². The van der Waals surface area contributed by atoms with Gasteiger partial charge in [0.1, 0.15) is 4.75 Å². The summed E-state index contributed by atoms with van der Waals surface area (Å²) in [6.07, 6.45) is 7.49. The summed E-state index contributed by atoms with van der Waals surface area (Å²) >= 11 is 13.0. The first-order chi connectivity index (χ1) is 16.7. The standard InChI is InChI=1S/C24H29Cl2N5O2S2/c1-23(2,3)35(32)29-19-14-33-15-24(19)7-10-30(11-8-24)22-28-13-18(21-27-9-12-31(21)22)34-17-6-4-5-16(25)20(17)26/h4-6,9,12-13,19,29H,7-8,10-11,14-15H2,1-3H3/t19?,35-/m1/s1. The van der Waals surface area contributed by atoms with E-state index in [1.54, 1.807) is 12.3 Å². The van der Waals surface area contributed by atoms with Gasteiger partial charge < -0.3 is 14.2 Å². The molecule has 5 rings (SSSR count). The molecular weight excluding hydrogens is 525 g/mol. The van der Waals surface area contributed by atoms with Crippen molar-refractivity contribution in [3.8, 4) is 0 Å². The van der Waals surface area contributed by atoms with Crippen LogP contribution in [0.2, 0.25) is 10.0 Å². The van der Waals surface area contributed by atoms with Crippen LogP contribution in [0.5, 0.6) is 0 Å². The van der Waals surface area contributed by atoms with Gasteiger partial charge in [0.05, 0.1) is 34.2 Å². The van der Waals surface area contributed by atoms with E-state index in [0.717, 1.165) is 47.3 Å². The lowest BCUT2D eigenvalue weighted by Gasteiger charge is -2.42. The molecule has 2 atom stereocenters. The molecule has 1 spiro atoms. The van der Waals surface area contributed by atoms with Crippen LogP contribution in [0.4, 0.5) is 5.95 Å². The molecule has 2 fully saturated rings. The van der Waals surface area contributed by atoms with Gasteiger partial charge in [-0.3, -0.25) is 4.40 Å². The molecule has 0 radical (unpaired) electrons. The summed E-state index contributed by atoms with van der Waals surface area (Å²) in [5.41, 5.74) is 0.825. The Labute approximate surface area is 223 Å². The van der Waals surface area contributed by atoms with Crippen LogP contribution in [0, 0.1) is 5.41 Å². The number of nitrogens with one attached hydrogen (secondary N) is 1. The number of nitrogens with zero attached hydrogens (tertiary/aromatic N) is 4. The van der Waals surface area contributed by atoms with Crippen LogP contribution in [0.3, 0.4) is 0 Å².